The van der Waals surface area contributed by atoms with Crippen molar-refractivity contribution >= 4 is 46.1 Å². The molecule has 1 atom stereocenters. The van der Waals surface area contributed by atoms with Gasteiger partial charge in [-0.2, -0.15) is 5.26 Å². The van der Waals surface area contributed by atoms with Gasteiger partial charge >= 0.3 is 0 Å². The van der Waals surface area contributed by atoms with E-state index in [2.05, 4.69) is 16.3 Å². The monoisotopic (exact) mass is 498 g/mol. The number of rotatable bonds is 3. The van der Waals surface area contributed by atoms with Crippen LogP contribution < -0.4 is 10.5 Å². The molecule has 0 aliphatic carbocycles. The van der Waals surface area contributed by atoms with E-state index in [1.165, 1.54) is 11.3 Å². The summed E-state index contributed by atoms with van der Waals surface area (Å²) >= 11 is 20.4. The summed E-state index contributed by atoms with van der Waals surface area (Å²) in [5, 5.41) is 18.6. The van der Waals surface area contributed by atoms with Crippen LogP contribution in [0.15, 0.2) is 66.1 Å². The fourth-order valence-corrected chi connectivity index (χ4v) is 6.11. The Morgan fingerprint density at radius 3 is 2.47 bits per heavy atom. The number of H-pyrrole nitrogens is 1. The highest BCUT2D eigenvalue weighted by atomic mass is 35.5. The maximum absolute atomic E-state index is 9.91. The van der Waals surface area contributed by atoms with Crippen molar-refractivity contribution in [3.05, 3.63) is 91.6 Å². The molecule has 5 nitrogen and oxygen atoms in total. The van der Waals surface area contributed by atoms with E-state index in [0.717, 1.165) is 26.6 Å². The second-order valence-electron chi connectivity index (χ2n) is 7.05. The zero-order valence-electron chi connectivity index (χ0n) is 16.2. The molecule has 0 spiro atoms. The van der Waals surface area contributed by atoms with Crippen LogP contribution in [0.4, 0.5) is 0 Å². The topological polar surface area (TPSA) is 87.7 Å². The number of nitrogens with zero attached hydrogens (tertiary/aromatic N) is 2. The first-order valence-corrected chi connectivity index (χ1v) is 11.4. The zero-order chi connectivity index (χ0) is 22.4. The Labute approximate surface area is 202 Å². The number of nitrogens with one attached hydrogen (secondary N) is 1. The van der Waals surface area contributed by atoms with Crippen molar-refractivity contribution in [1.29, 1.82) is 5.26 Å². The van der Waals surface area contributed by atoms with E-state index in [4.69, 9.17) is 45.3 Å². The number of thiophene rings is 1. The molecule has 0 fully saturated rings. The predicted molar refractivity (Wildman–Crippen MR) is 128 cm³/mol. The maximum Gasteiger partial charge on any atom is 0.244 e. The number of benzene rings is 2. The minimum atomic E-state index is -0.457. The highest BCUT2D eigenvalue weighted by Gasteiger charge is 2.36. The van der Waals surface area contributed by atoms with Crippen molar-refractivity contribution in [2.45, 2.75) is 5.92 Å². The van der Waals surface area contributed by atoms with Gasteiger partial charge in [-0.15, -0.1) is 16.4 Å². The number of ether oxygens (including phenoxy) is 1. The summed E-state index contributed by atoms with van der Waals surface area (Å²) in [7, 11) is 0. The van der Waals surface area contributed by atoms with E-state index in [0.29, 0.717) is 32.1 Å². The third-order valence-corrected chi connectivity index (χ3v) is 7.15. The SMILES string of the molecule is N#CC1=C(N)Oc2n[nH]c(-c3ccccc3)c2[C@H]1c1ccc(-c2c(Cl)cc(Cl)cc2Cl)s1. The summed E-state index contributed by atoms with van der Waals surface area (Å²) in [5.41, 5.74) is 9.54. The Kier molecular flexibility index (Phi) is 5.36. The molecule has 0 saturated carbocycles. The quantitative estimate of drug-likeness (QED) is 0.318. The lowest BCUT2D eigenvalue weighted by molar-refractivity contribution is 0.379. The van der Waals surface area contributed by atoms with E-state index >= 15 is 0 Å². The maximum atomic E-state index is 9.91. The van der Waals surface area contributed by atoms with Gasteiger partial charge in [0, 0.05) is 20.3 Å². The molecule has 5 rings (SSSR count). The molecule has 3 heterocycles. The molecule has 9 heteroatoms. The molecule has 32 heavy (non-hydrogen) atoms. The molecular formula is C23H13Cl3N4OS. The second kappa shape index (κ2) is 8.19. The first-order chi connectivity index (χ1) is 15.5. The number of nitrogens with two attached hydrogens (primary N) is 1. The molecule has 0 bridgehead atoms. The number of halogens is 3. The first-order valence-electron chi connectivity index (χ1n) is 9.44. The molecule has 0 saturated heterocycles. The molecule has 2 aromatic heterocycles. The van der Waals surface area contributed by atoms with Crippen LogP contribution in [0.25, 0.3) is 21.7 Å². The Morgan fingerprint density at radius 2 is 1.78 bits per heavy atom. The molecular weight excluding hydrogens is 487 g/mol. The lowest BCUT2D eigenvalue weighted by Gasteiger charge is -2.22. The van der Waals surface area contributed by atoms with E-state index < -0.39 is 5.92 Å². The van der Waals surface area contributed by atoms with Crippen LogP contribution in [0.1, 0.15) is 16.4 Å². The summed E-state index contributed by atoms with van der Waals surface area (Å²) < 4.78 is 5.67. The normalized spacial score (nSPS) is 15.2. The summed E-state index contributed by atoms with van der Waals surface area (Å²) in [6, 6.07) is 19.1. The average molecular weight is 500 g/mol. The molecule has 4 aromatic rings. The van der Waals surface area contributed by atoms with Crippen LogP contribution in [-0.4, -0.2) is 10.2 Å². The van der Waals surface area contributed by atoms with E-state index in [-0.39, 0.29) is 5.88 Å². The number of aromatic nitrogens is 2. The lowest BCUT2D eigenvalue weighted by atomic mass is 9.87. The van der Waals surface area contributed by atoms with Crippen LogP contribution in [0.3, 0.4) is 0 Å². The highest BCUT2D eigenvalue weighted by Crippen LogP contribution is 2.49. The van der Waals surface area contributed by atoms with E-state index in [1.54, 1.807) is 12.1 Å². The Morgan fingerprint density at radius 1 is 1.06 bits per heavy atom. The van der Waals surface area contributed by atoms with Crippen LogP contribution in [0, 0.1) is 11.3 Å². The van der Waals surface area contributed by atoms with E-state index in [1.807, 2.05) is 42.5 Å². The van der Waals surface area contributed by atoms with Crippen LogP contribution in [-0.2, 0) is 0 Å². The third-order valence-electron chi connectivity index (χ3n) is 5.17. The Balaban J connectivity index is 1.68. The smallest absolute Gasteiger partial charge is 0.244 e. The van der Waals surface area contributed by atoms with Crippen LogP contribution >= 0.6 is 46.1 Å². The molecule has 2 aromatic carbocycles. The van der Waals surface area contributed by atoms with Gasteiger partial charge in [-0.25, -0.2) is 0 Å². The zero-order valence-corrected chi connectivity index (χ0v) is 19.3. The van der Waals surface area contributed by atoms with Gasteiger partial charge in [0.2, 0.25) is 11.8 Å². The van der Waals surface area contributed by atoms with Gasteiger partial charge in [-0.3, -0.25) is 5.10 Å². The molecule has 0 radical (unpaired) electrons. The van der Waals surface area contributed by atoms with Crippen LogP contribution in [0.2, 0.25) is 15.1 Å². The summed E-state index contributed by atoms with van der Waals surface area (Å²) in [6.07, 6.45) is 0. The number of hydrogen-bond donors (Lipinski definition) is 2. The van der Waals surface area contributed by atoms with Gasteiger partial charge < -0.3 is 10.5 Å². The molecule has 0 unspecified atom stereocenters. The predicted octanol–water partition coefficient (Wildman–Crippen LogP) is 6.98. The number of hydrogen-bond acceptors (Lipinski definition) is 5. The molecule has 158 valence electrons. The molecule has 1 aliphatic rings. The summed E-state index contributed by atoms with van der Waals surface area (Å²) in [6.45, 7) is 0. The van der Waals surface area contributed by atoms with Crippen molar-refractivity contribution in [3.63, 3.8) is 0 Å². The largest absolute Gasteiger partial charge is 0.420 e. The number of fused-ring (bicyclic) bond motifs is 1. The Bertz CT molecular complexity index is 1400. The minimum absolute atomic E-state index is 0.0358. The second-order valence-corrected chi connectivity index (χ2v) is 9.42. The highest BCUT2D eigenvalue weighted by molar-refractivity contribution is 7.15. The van der Waals surface area contributed by atoms with Gasteiger partial charge in [-0.1, -0.05) is 65.1 Å². The van der Waals surface area contributed by atoms with Crippen molar-refractivity contribution in [2.24, 2.45) is 5.73 Å². The molecule has 1 aliphatic heterocycles. The van der Waals surface area contributed by atoms with Crippen molar-refractivity contribution in [2.75, 3.05) is 0 Å². The van der Waals surface area contributed by atoms with Crippen molar-refractivity contribution in [1.82, 2.24) is 10.2 Å². The van der Waals surface area contributed by atoms with Gasteiger partial charge in [0.05, 0.1) is 27.2 Å². The van der Waals surface area contributed by atoms with E-state index in [9.17, 15) is 5.26 Å². The van der Waals surface area contributed by atoms with Gasteiger partial charge in [-0.05, 0) is 29.8 Å². The number of nitriles is 1. The first kappa shape index (κ1) is 20.9. The standard InChI is InChI=1S/C23H13Cl3N4OS/c24-12-8-14(25)19(15(26)9-12)17-7-6-16(32-17)18-13(10-27)22(28)31-23-20(18)21(29-30-23)11-4-2-1-3-5-11/h1-9,18H,28H2,(H,29,30)/t18-/m1/s1. The Hall–Kier alpha value is -2.95. The minimum Gasteiger partial charge on any atom is -0.420 e. The van der Waals surface area contributed by atoms with Crippen molar-refractivity contribution < 1.29 is 4.74 Å². The fourth-order valence-electron chi connectivity index (χ4n) is 3.77. The summed E-state index contributed by atoms with van der Waals surface area (Å²) in [5.74, 6) is -0.0715. The average Bonchev–Trinajstić information content (AvgIpc) is 3.40. The fraction of sp³-hybridized carbons (Fsp3) is 0.0435. The van der Waals surface area contributed by atoms with Gasteiger partial charge in [0.1, 0.15) is 11.6 Å². The van der Waals surface area contributed by atoms with Crippen molar-refractivity contribution in [3.8, 4) is 33.6 Å². The number of allylic oxidation sites excluding steroid dienone is 1. The van der Waals surface area contributed by atoms with Gasteiger partial charge in [0.25, 0.3) is 0 Å². The lowest BCUT2D eigenvalue weighted by Crippen LogP contribution is -2.20. The summed E-state index contributed by atoms with van der Waals surface area (Å²) in [4.78, 5) is 1.73. The number of aromatic amines is 1. The van der Waals surface area contributed by atoms with Crippen LogP contribution in [0.5, 0.6) is 5.88 Å². The van der Waals surface area contributed by atoms with Gasteiger partial charge in [0.15, 0.2) is 0 Å². The molecule has 0 amide bonds. The third kappa shape index (κ3) is 3.44. The molecule has 3 N–H and O–H groups in total.